The van der Waals surface area contributed by atoms with Gasteiger partial charge in [0.25, 0.3) is 0 Å². The first-order valence-electron chi connectivity index (χ1n) is 5.69. The van der Waals surface area contributed by atoms with Crippen LogP contribution in [0.4, 0.5) is 0 Å². The van der Waals surface area contributed by atoms with Gasteiger partial charge in [-0.3, -0.25) is 0 Å². The molecular formula is C12H18S3. The van der Waals surface area contributed by atoms with Crippen molar-refractivity contribution < 1.29 is 0 Å². The molecule has 0 radical (unpaired) electrons. The number of rotatable bonds is 7. The van der Waals surface area contributed by atoms with Crippen molar-refractivity contribution in [3.05, 3.63) is 14.6 Å². The van der Waals surface area contributed by atoms with Gasteiger partial charge >= 0.3 is 0 Å². The second-order valence-electron chi connectivity index (χ2n) is 4.00. The van der Waals surface area contributed by atoms with Gasteiger partial charge in [-0.2, -0.15) is 0 Å². The summed E-state index contributed by atoms with van der Waals surface area (Å²) in [5.41, 5.74) is 1.23. The summed E-state index contributed by atoms with van der Waals surface area (Å²) in [6.07, 6.45) is 9.00. The predicted octanol–water partition coefficient (Wildman–Crippen LogP) is 5.21. The summed E-state index contributed by atoms with van der Waals surface area (Å²) in [5.74, 6) is 0. The zero-order valence-electron chi connectivity index (χ0n) is 9.21. The fourth-order valence-corrected chi connectivity index (χ4v) is 2.78. The minimum Gasteiger partial charge on any atom is -0.142 e. The van der Waals surface area contributed by atoms with Gasteiger partial charge in [0.1, 0.15) is 0 Å². The smallest absolute Gasteiger partial charge is 0.0697 e. The van der Waals surface area contributed by atoms with Crippen LogP contribution >= 0.6 is 37.1 Å². The first-order chi connectivity index (χ1) is 7.18. The van der Waals surface area contributed by atoms with Crippen LogP contribution in [-0.2, 0) is 6.42 Å². The Balaban J connectivity index is 2.17. The van der Waals surface area contributed by atoms with Gasteiger partial charge in [0, 0.05) is 4.90 Å². The maximum Gasteiger partial charge on any atom is 0.0697 e. The van der Waals surface area contributed by atoms with Crippen molar-refractivity contribution in [3.63, 3.8) is 0 Å². The maximum atomic E-state index is 5.18. The molecule has 0 aliphatic heterocycles. The SMILES string of the molecule is CCCCCCCCc1c(S)c(=S)c1=S. The average molecular weight is 258 g/mol. The Morgan fingerprint density at radius 1 is 0.933 bits per heavy atom. The normalized spacial score (nSPS) is 11.1. The number of hydrogen-bond acceptors (Lipinski definition) is 3. The summed E-state index contributed by atoms with van der Waals surface area (Å²) >= 11 is 14.6. The molecule has 1 aromatic carbocycles. The Bertz CT molecular complexity index is 372. The number of thiol groups is 1. The van der Waals surface area contributed by atoms with Gasteiger partial charge in [-0.05, 0) is 18.4 Å². The molecule has 0 aliphatic rings. The third-order valence-electron chi connectivity index (χ3n) is 2.76. The van der Waals surface area contributed by atoms with E-state index < -0.39 is 0 Å². The van der Waals surface area contributed by atoms with E-state index in [1.807, 2.05) is 0 Å². The third kappa shape index (κ3) is 3.65. The van der Waals surface area contributed by atoms with Crippen LogP contribution in [0.15, 0.2) is 4.90 Å². The van der Waals surface area contributed by atoms with Gasteiger partial charge in [0.2, 0.25) is 0 Å². The largest absolute Gasteiger partial charge is 0.142 e. The molecule has 0 nitrogen and oxygen atoms in total. The lowest BCUT2D eigenvalue weighted by Gasteiger charge is -2.09. The van der Waals surface area contributed by atoms with E-state index in [-0.39, 0.29) is 0 Å². The summed E-state index contributed by atoms with van der Waals surface area (Å²) in [7, 11) is 0. The molecule has 0 N–H and O–H groups in total. The summed E-state index contributed by atoms with van der Waals surface area (Å²) in [5, 5.41) is 0. The molecule has 0 spiro atoms. The van der Waals surface area contributed by atoms with E-state index in [0.29, 0.717) is 0 Å². The quantitative estimate of drug-likeness (QED) is 0.405. The Labute approximate surface area is 108 Å². The second kappa shape index (κ2) is 6.77. The highest BCUT2D eigenvalue weighted by molar-refractivity contribution is 7.81. The minimum atomic E-state index is 0.800. The van der Waals surface area contributed by atoms with Crippen LogP contribution in [0.1, 0.15) is 51.0 Å². The Morgan fingerprint density at radius 3 is 2.13 bits per heavy atom. The van der Waals surface area contributed by atoms with Crippen LogP contribution in [0, 0.1) is 9.02 Å². The van der Waals surface area contributed by atoms with Crippen molar-refractivity contribution in [3.8, 4) is 0 Å². The highest BCUT2D eigenvalue weighted by Gasteiger charge is 2.09. The summed E-state index contributed by atoms with van der Waals surface area (Å²) in [4.78, 5) is 0.976. The molecule has 0 atom stereocenters. The van der Waals surface area contributed by atoms with Gasteiger partial charge in [0.15, 0.2) is 0 Å². The highest BCUT2D eigenvalue weighted by atomic mass is 32.1. The van der Waals surface area contributed by atoms with Crippen LogP contribution in [0.2, 0.25) is 0 Å². The maximum absolute atomic E-state index is 5.18. The van der Waals surface area contributed by atoms with Crippen molar-refractivity contribution >= 4 is 37.1 Å². The fourth-order valence-electron chi connectivity index (χ4n) is 1.74. The van der Waals surface area contributed by atoms with E-state index in [2.05, 4.69) is 19.6 Å². The molecule has 0 heterocycles. The lowest BCUT2D eigenvalue weighted by atomic mass is 10.0. The summed E-state index contributed by atoms with van der Waals surface area (Å²) in [6.45, 7) is 2.24. The molecule has 1 rings (SSSR count). The standard InChI is InChI=1S/C12H18S3/c1-2-3-4-5-6-7-8-9-10(13)12(15)11(9)14/h13H,2-8H2,1H3. The molecular weight excluding hydrogens is 240 g/mol. The second-order valence-corrected chi connectivity index (χ2v) is 5.27. The monoisotopic (exact) mass is 258 g/mol. The van der Waals surface area contributed by atoms with Gasteiger partial charge in [-0.15, -0.1) is 12.6 Å². The van der Waals surface area contributed by atoms with Crippen molar-refractivity contribution in [1.29, 1.82) is 0 Å². The molecule has 1 aromatic rings. The molecule has 15 heavy (non-hydrogen) atoms. The van der Waals surface area contributed by atoms with Crippen LogP contribution in [-0.4, -0.2) is 0 Å². The fraction of sp³-hybridized carbons (Fsp3) is 0.667. The number of unbranched alkanes of at least 4 members (excludes halogenated alkanes) is 5. The Morgan fingerprint density at radius 2 is 1.53 bits per heavy atom. The van der Waals surface area contributed by atoms with Crippen LogP contribution < -0.4 is 0 Å². The van der Waals surface area contributed by atoms with Crippen molar-refractivity contribution in [1.82, 2.24) is 0 Å². The van der Waals surface area contributed by atoms with Gasteiger partial charge in [-0.25, -0.2) is 0 Å². The molecule has 0 saturated carbocycles. The molecule has 84 valence electrons. The lowest BCUT2D eigenvalue weighted by Crippen LogP contribution is -1.95. The van der Waals surface area contributed by atoms with E-state index in [9.17, 15) is 0 Å². The first-order valence-corrected chi connectivity index (χ1v) is 6.96. The highest BCUT2D eigenvalue weighted by Crippen LogP contribution is 2.26. The molecule has 0 bridgehead atoms. The van der Waals surface area contributed by atoms with E-state index in [0.717, 1.165) is 20.3 Å². The molecule has 0 aromatic heterocycles. The van der Waals surface area contributed by atoms with Gasteiger partial charge in [-0.1, -0.05) is 63.5 Å². The van der Waals surface area contributed by atoms with Crippen molar-refractivity contribution in [2.45, 2.75) is 56.8 Å². The molecule has 0 unspecified atom stereocenters. The average Bonchev–Trinajstić information content (AvgIpc) is 2.26. The Kier molecular flexibility index (Phi) is 6.02. The minimum absolute atomic E-state index is 0.800. The first kappa shape index (κ1) is 13.3. The molecule has 3 heteroatoms. The molecule has 0 aliphatic carbocycles. The van der Waals surface area contributed by atoms with Gasteiger partial charge < -0.3 is 0 Å². The lowest BCUT2D eigenvalue weighted by molar-refractivity contribution is 0.604. The zero-order valence-corrected chi connectivity index (χ0v) is 11.7. The van der Waals surface area contributed by atoms with Crippen molar-refractivity contribution in [2.75, 3.05) is 0 Å². The van der Waals surface area contributed by atoms with E-state index in [1.165, 1.54) is 44.1 Å². The number of hydrogen-bond donors (Lipinski definition) is 1. The summed E-state index contributed by atoms with van der Waals surface area (Å²) < 4.78 is 1.69. The van der Waals surface area contributed by atoms with Crippen LogP contribution in [0.3, 0.4) is 0 Å². The summed E-state index contributed by atoms with van der Waals surface area (Å²) in [6, 6.07) is 0. The van der Waals surface area contributed by atoms with Crippen LogP contribution in [0.25, 0.3) is 0 Å². The van der Waals surface area contributed by atoms with E-state index in [4.69, 9.17) is 24.4 Å². The molecule has 0 amide bonds. The van der Waals surface area contributed by atoms with Crippen LogP contribution in [0.5, 0.6) is 0 Å². The van der Waals surface area contributed by atoms with Gasteiger partial charge in [0.05, 0.1) is 9.02 Å². The van der Waals surface area contributed by atoms with Crippen molar-refractivity contribution in [2.24, 2.45) is 0 Å². The Hall–Kier alpha value is 0.270. The predicted molar refractivity (Wildman–Crippen MR) is 74.8 cm³/mol. The zero-order chi connectivity index (χ0) is 11.3. The molecule has 0 saturated heterocycles. The third-order valence-corrected chi connectivity index (χ3v) is 4.39. The topological polar surface area (TPSA) is 0 Å². The van der Waals surface area contributed by atoms with E-state index >= 15 is 0 Å². The molecule has 0 fully saturated rings. The van der Waals surface area contributed by atoms with E-state index in [1.54, 1.807) is 0 Å².